The van der Waals surface area contributed by atoms with Crippen molar-refractivity contribution in [2.24, 2.45) is 0 Å². The van der Waals surface area contributed by atoms with Crippen molar-refractivity contribution >= 4 is 17.6 Å². The highest BCUT2D eigenvalue weighted by atomic mass is 16.3. The first-order valence-electron chi connectivity index (χ1n) is 9.58. The Kier molecular flexibility index (Phi) is 4.70. The largest absolute Gasteiger partial charge is 0.444 e. The summed E-state index contributed by atoms with van der Waals surface area (Å²) in [4.78, 5) is 33.0. The molecular formula is C23H23N3O3. The van der Waals surface area contributed by atoms with E-state index in [-0.39, 0.29) is 18.5 Å². The Bertz CT molecular complexity index is 1090. The third-order valence-corrected chi connectivity index (χ3v) is 5.24. The van der Waals surface area contributed by atoms with Gasteiger partial charge in [-0.05, 0) is 51.5 Å². The van der Waals surface area contributed by atoms with Gasteiger partial charge in [-0.15, -0.1) is 0 Å². The van der Waals surface area contributed by atoms with Crippen LogP contribution in [0.5, 0.6) is 0 Å². The van der Waals surface area contributed by atoms with E-state index in [4.69, 9.17) is 4.42 Å². The molecule has 0 unspecified atom stereocenters. The van der Waals surface area contributed by atoms with Crippen LogP contribution in [0.2, 0.25) is 0 Å². The van der Waals surface area contributed by atoms with Gasteiger partial charge in [0.1, 0.15) is 12.3 Å². The molecule has 0 saturated carbocycles. The average molecular weight is 389 g/mol. The number of hydrogen-bond acceptors (Lipinski definition) is 4. The third kappa shape index (κ3) is 3.42. The van der Waals surface area contributed by atoms with Crippen LogP contribution >= 0.6 is 0 Å². The molecule has 0 bridgehead atoms. The van der Waals surface area contributed by atoms with Crippen molar-refractivity contribution in [2.45, 2.75) is 40.3 Å². The van der Waals surface area contributed by atoms with E-state index in [0.29, 0.717) is 17.3 Å². The van der Waals surface area contributed by atoms with Gasteiger partial charge >= 0.3 is 6.03 Å². The maximum absolute atomic E-state index is 13.0. The first kappa shape index (κ1) is 18.9. The van der Waals surface area contributed by atoms with Gasteiger partial charge in [0, 0.05) is 11.3 Å². The van der Waals surface area contributed by atoms with Crippen LogP contribution in [-0.4, -0.2) is 27.9 Å². The number of urea groups is 1. The maximum atomic E-state index is 13.0. The molecule has 3 amide bonds. The summed E-state index contributed by atoms with van der Waals surface area (Å²) in [5.41, 5.74) is 5.47. The number of hydrogen-bond donors (Lipinski definition) is 0. The van der Waals surface area contributed by atoms with E-state index in [1.54, 1.807) is 6.92 Å². The van der Waals surface area contributed by atoms with Crippen molar-refractivity contribution in [3.05, 3.63) is 71.1 Å². The molecule has 1 fully saturated rings. The SMILES string of the molecule is Cc1ccc(N2C(=O)N(Cc3coc(-c4ccc(C)cc4C)n3)C(=O)[C@@H]2C)cc1. The number of rotatable bonds is 4. The van der Waals surface area contributed by atoms with Crippen LogP contribution in [0.25, 0.3) is 11.5 Å². The molecule has 2 heterocycles. The number of amides is 3. The third-order valence-electron chi connectivity index (χ3n) is 5.24. The molecule has 0 radical (unpaired) electrons. The Morgan fingerprint density at radius 2 is 1.69 bits per heavy atom. The zero-order valence-electron chi connectivity index (χ0n) is 17.0. The molecule has 6 heteroatoms. The van der Waals surface area contributed by atoms with Gasteiger partial charge in [-0.3, -0.25) is 14.6 Å². The standard InChI is InChI=1S/C23H23N3O3/c1-14-5-8-19(9-6-14)26-17(4)22(27)25(23(26)28)12-18-13-29-21(24-18)20-10-7-15(2)11-16(20)3/h5-11,13,17H,12H2,1-4H3/t17-/m0/s1. The van der Waals surface area contributed by atoms with E-state index in [2.05, 4.69) is 11.1 Å². The molecule has 1 aromatic heterocycles. The summed E-state index contributed by atoms with van der Waals surface area (Å²) < 4.78 is 5.63. The van der Waals surface area contributed by atoms with Crippen molar-refractivity contribution in [1.29, 1.82) is 0 Å². The molecule has 148 valence electrons. The predicted octanol–water partition coefficient (Wildman–Crippen LogP) is 4.62. The van der Waals surface area contributed by atoms with Gasteiger partial charge in [-0.1, -0.05) is 35.4 Å². The van der Waals surface area contributed by atoms with Crippen LogP contribution in [0, 0.1) is 20.8 Å². The Hall–Kier alpha value is -3.41. The number of aryl methyl sites for hydroxylation is 3. The molecule has 0 spiro atoms. The monoisotopic (exact) mass is 389 g/mol. The minimum absolute atomic E-state index is 0.0821. The van der Waals surface area contributed by atoms with Crippen molar-refractivity contribution in [3.63, 3.8) is 0 Å². The van der Waals surface area contributed by atoms with E-state index < -0.39 is 6.04 Å². The summed E-state index contributed by atoms with van der Waals surface area (Å²) >= 11 is 0. The van der Waals surface area contributed by atoms with E-state index in [1.807, 2.05) is 57.2 Å². The van der Waals surface area contributed by atoms with Gasteiger partial charge in [-0.25, -0.2) is 9.78 Å². The summed E-state index contributed by atoms with van der Waals surface area (Å²) in [6, 6.07) is 12.7. The fraction of sp³-hybridized carbons (Fsp3) is 0.261. The minimum Gasteiger partial charge on any atom is -0.444 e. The molecule has 1 atom stereocenters. The predicted molar refractivity (Wildman–Crippen MR) is 110 cm³/mol. The number of oxazole rings is 1. The smallest absolute Gasteiger partial charge is 0.332 e. The zero-order valence-corrected chi connectivity index (χ0v) is 17.0. The van der Waals surface area contributed by atoms with E-state index in [0.717, 1.165) is 22.3 Å². The highest BCUT2D eigenvalue weighted by Crippen LogP contribution is 2.28. The first-order chi connectivity index (χ1) is 13.8. The molecule has 6 nitrogen and oxygen atoms in total. The molecule has 3 aromatic rings. The topological polar surface area (TPSA) is 66.7 Å². The maximum Gasteiger partial charge on any atom is 0.332 e. The van der Waals surface area contributed by atoms with Crippen molar-refractivity contribution in [3.8, 4) is 11.5 Å². The second-order valence-electron chi connectivity index (χ2n) is 7.55. The lowest BCUT2D eigenvalue weighted by Crippen LogP contribution is -2.33. The summed E-state index contributed by atoms with van der Waals surface area (Å²) in [5, 5.41) is 0. The molecule has 0 aliphatic carbocycles. The molecule has 0 N–H and O–H groups in total. The van der Waals surface area contributed by atoms with Crippen LogP contribution in [0.3, 0.4) is 0 Å². The van der Waals surface area contributed by atoms with Crippen LogP contribution < -0.4 is 4.90 Å². The number of carbonyl (C=O) groups excluding carboxylic acids is 2. The summed E-state index contributed by atoms with van der Waals surface area (Å²) in [6.07, 6.45) is 1.51. The molecule has 4 rings (SSSR count). The van der Waals surface area contributed by atoms with Gasteiger partial charge in [-0.2, -0.15) is 0 Å². The van der Waals surface area contributed by atoms with Crippen LogP contribution in [-0.2, 0) is 11.3 Å². The van der Waals surface area contributed by atoms with Crippen LogP contribution in [0.1, 0.15) is 29.3 Å². The quantitative estimate of drug-likeness (QED) is 0.611. The first-order valence-corrected chi connectivity index (χ1v) is 9.58. The number of imide groups is 1. The Balaban J connectivity index is 1.57. The summed E-state index contributed by atoms with van der Waals surface area (Å²) in [5.74, 6) is 0.242. The Labute approximate surface area is 169 Å². The van der Waals surface area contributed by atoms with Crippen LogP contribution in [0.15, 0.2) is 53.1 Å². The lowest BCUT2D eigenvalue weighted by Gasteiger charge is -2.19. The molecule has 1 aliphatic rings. The molecule has 1 aliphatic heterocycles. The lowest BCUT2D eigenvalue weighted by molar-refractivity contribution is -0.127. The zero-order chi connectivity index (χ0) is 20.7. The summed E-state index contributed by atoms with van der Waals surface area (Å²) in [7, 11) is 0. The van der Waals surface area contributed by atoms with Gasteiger partial charge in [0.05, 0.1) is 12.2 Å². The van der Waals surface area contributed by atoms with E-state index in [9.17, 15) is 9.59 Å². The van der Waals surface area contributed by atoms with Gasteiger partial charge < -0.3 is 4.42 Å². The normalized spacial score (nSPS) is 16.8. The second-order valence-corrected chi connectivity index (χ2v) is 7.55. The van der Waals surface area contributed by atoms with Gasteiger partial charge in [0.25, 0.3) is 5.91 Å². The second kappa shape index (κ2) is 7.20. The fourth-order valence-electron chi connectivity index (χ4n) is 3.63. The number of carbonyl (C=O) groups is 2. The highest BCUT2D eigenvalue weighted by molar-refractivity contribution is 6.13. The molecule has 2 aromatic carbocycles. The summed E-state index contributed by atoms with van der Waals surface area (Å²) in [6.45, 7) is 7.83. The molecule has 29 heavy (non-hydrogen) atoms. The van der Waals surface area contributed by atoms with Crippen molar-refractivity contribution < 1.29 is 14.0 Å². The Morgan fingerprint density at radius 1 is 1.00 bits per heavy atom. The van der Waals surface area contributed by atoms with Gasteiger partial charge in [0.15, 0.2) is 0 Å². The number of nitrogens with zero attached hydrogens (tertiary/aromatic N) is 3. The lowest BCUT2D eigenvalue weighted by atomic mass is 10.1. The fourth-order valence-corrected chi connectivity index (χ4v) is 3.63. The number of anilines is 1. The molecular weight excluding hydrogens is 366 g/mol. The average Bonchev–Trinajstić information content (AvgIpc) is 3.22. The van der Waals surface area contributed by atoms with E-state index in [1.165, 1.54) is 16.1 Å². The van der Waals surface area contributed by atoms with E-state index >= 15 is 0 Å². The van der Waals surface area contributed by atoms with Crippen molar-refractivity contribution in [1.82, 2.24) is 9.88 Å². The van der Waals surface area contributed by atoms with Crippen molar-refractivity contribution in [2.75, 3.05) is 4.90 Å². The van der Waals surface area contributed by atoms with Gasteiger partial charge in [0.2, 0.25) is 5.89 Å². The molecule has 1 saturated heterocycles. The highest BCUT2D eigenvalue weighted by Gasteiger charge is 2.43. The Morgan fingerprint density at radius 3 is 2.38 bits per heavy atom. The number of aromatic nitrogens is 1. The minimum atomic E-state index is -0.559. The number of benzene rings is 2. The van der Waals surface area contributed by atoms with Crippen LogP contribution in [0.4, 0.5) is 10.5 Å².